The Balaban J connectivity index is 1.50. The first-order valence-electron chi connectivity index (χ1n) is 8.69. The van der Waals surface area contributed by atoms with Crippen molar-refractivity contribution >= 4 is 44.3 Å². The number of azo groups is 1. The molecule has 0 saturated carbocycles. The number of furan rings is 1. The number of aromatic hydroxyl groups is 1. The van der Waals surface area contributed by atoms with Crippen molar-refractivity contribution < 1.29 is 19.1 Å². The van der Waals surface area contributed by atoms with Crippen molar-refractivity contribution in [1.82, 2.24) is 9.88 Å². The van der Waals surface area contributed by atoms with E-state index in [9.17, 15) is 14.7 Å². The molecule has 3 aromatic rings. The number of hydrogen-bond acceptors (Lipinski definition) is 5. The minimum atomic E-state index is -0.561. The van der Waals surface area contributed by atoms with Crippen LogP contribution in [0.4, 0.5) is 5.69 Å². The van der Waals surface area contributed by atoms with Gasteiger partial charge in [0.2, 0.25) is 11.8 Å². The van der Waals surface area contributed by atoms with Gasteiger partial charge in [-0.15, -0.1) is 10.2 Å². The van der Waals surface area contributed by atoms with Crippen LogP contribution in [0.15, 0.2) is 49.6 Å². The monoisotopic (exact) mass is 444 g/mol. The molecule has 1 aliphatic rings. The number of H-pyrrole nitrogens is 1. The maximum absolute atomic E-state index is 12.4. The number of aryl methyl sites for hydroxylation is 1. The van der Waals surface area contributed by atoms with E-state index in [2.05, 4.69) is 31.1 Å². The van der Waals surface area contributed by atoms with Crippen LogP contribution in [0.25, 0.3) is 10.9 Å². The number of aromatic amines is 1. The highest BCUT2D eigenvalue weighted by molar-refractivity contribution is 9.10. The van der Waals surface area contributed by atoms with Crippen LogP contribution in [0.2, 0.25) is 0 Å². The van der Waals surface area contributed by atoms with E-state index in [1.807, 2.05) is 19.1 Å². The molecule has 0 bridgehead atoms. The zero-order valence-corrected chi connectivity index (χ0v) is 16.6. The molecule has 0 spiro atoms. The fraction of sp³-hybridized carbons (Fsp3) is 0.263. The number of nitrogens with zero attached hydrogens (tertiary/aromatic N) is 3. The van der Waals surface area contributed by atoms with Crippen molar-refractivity contribution in [3.63, 3.8) is 0 Å². The maximum atomic E-state index is 12.4. The molecule has 2 N–H and O–H groups in total. The molecule has 1 aromatic carbocycles. The van der Waals surface area contributed by atoms with Gasteiger partial charge in [-0.25, -0.2) is 0 Å². The molecular weight excluding hydrogens is 428 g/mol. The molecule has 0 radical (unpaired) electrons. The maximum Gasteiger partial charge on any atom is 0.270 e. The summed E-state index contributed by atoms with van der Waals surface area (Å²) in [6.07, 6.45) is 1.63. The summed E-state index contributed by atoms with van der Waals surface area (Å²) < 4.78 is 6.14. The second kappa shape index (κ2) is 7.23. The highest BCUT2D eigenvalue weighted by Gasteiger charge is 2.34. The first-order chi connectivity index (χ1) is 13.4. The Morgan fingerprint density at radius 3 is 3.04 bits per heavy atom. The number of carbonyl (C=O) groups is 2. The Labute approximate surface area is 168 Å². The van der Waals surface area contributed by atoms with Crippen molar-refractivity contribution in [2.45, 2.75) is 19.9 Å². The number of likely N-dealkylation sites (tertiary alicyclic amines) is 1. The molecule has 2 amide bonds. The summed E-state index contributed by atoms with van der Waals surface area (Å²) in [5, 5.41) is 18.5. The second-order valence-electron chi connectivity index (χ2n) is 6.76. The van der Waals surface area contributed by atoms with E-state index in [-0.39, 0.29) is 30.4 Å². The molecule has 144 valence electrons. The average molecular weight is 445 g/mol. The number of nitrogens with one attached hydrogen (secondary N) is 1. The number of fused-ring (bicyclic) bond motifs is 1. The molecule has 4 rings (SSSR count). The first kappa shape index (κ1) is 18.4. The lowest BCUT2D eigenvalue weighted by Gasteiger charge is -2.13. The molecule has 1 saturated heterocycles. The Morgan fingerprint density at radius 2 is 2.29 bits per heavy atom. The summed E-state index contributed by atoms with van der Waals surface area (Å²) in [7, 11) is 0. The van der Waals surface area contributed by atoms with Crippen molar-refractivity contribution in [3.8, 4) is 5.88 Å². The molecule has 9 heteroatoms. The summed E-state index contributed by atoms with van der Waals surface area (Å²) in [5.74, 6) is -0.674. The summed E-state index contributed by atoms with van der Waals surface area (Å²) in [5.41, 5.74) is 1.84. The lowest BCUT2D eigenvalue weighted by Crippen LogP contribution is -2.25. The highest BCUT2D eigenvalue weighted by Crippen LogP contribution is 2.38. The topological polar surface area (TPSA) is 111 Å². The summed E-state index contributed by atoms with van der Waals surface area (Å²) >= 11 is 3.44. The van der Waals surface area contributed by atoms with Crippen LogP contribution in [0.1, 0.15) is 17.7 Å². The predicted molar refractivity (Wildman–Crippen MR) is 104 cm³/mol. The lowest BCUT2D eigenvalue weighted by atomic mass is 10.1. The largest absolute Gasteiger partial charge is 0.493 e. The third kappa shape index (κ3) is 3.45. The fourth-order valence-corrected chi connectivity index (χ4v) is 3.60. The van der Waals surface area contributed by atoms with Gasteiger partial charge in [0.1, 0.15) is 5.76 Å². The third-order valence-electron chi connectivity index (χ3n) is 4.77. The van der Waals surface area contributed by atoms with Crippen LogP contribution < -0.4 is 0 Å². The predicted octanol–water partition coefficient (Wildman–Crippen LogP) is 4.20. The van der Waals surface area contributed by atoms with Crippen molar-refractivity contribution in [2.75, 3.05) is 6.54 Å². The number of aromatic nitrogens is 1. The molecule has 0 aliphatic carbocycles. The van der Waals surface area contributed by atoms with Crippen molar-refractivity contribution in [2.24, 2.45) is 16.1 Å². The van der Waals surface area contributed by atoms with Gasteiger partial charge in [0.05, 0.1) is 24.2 Å². The highest BCUT2D eigenvalue weighted by atomic mass is 79.9. The smallest absolute Gasteiger partial charge is 0.270 e. The fourth-order valence-electron chi connectivity index (χ4n) is 3.26. The van der Waals surface area contributed by atoms with Crippen LogP contribution >= 0.6 is 15.9 Å². The number of hydrogen-bond donors (Lipinski definition) is 2. The number of rotatable bonds is 4. The zero-order valence-electron chi connectivity index (χ0n) is 15.0. The van der Waals surface area contributed by atoms with Gasteiger partial charge >= 0.3 is 0 Å². The molecule has 8 nitrogen and oxygen atoms in total. The van der Waals surface area contributed by atoms with Gasteiger partial charge < -0.3 is 19.4 Å². The standard InChI is InChI=1S/C19H17BrN4O4/c1-10-5-13-15(7-14(10)20)21-19(27)17(13)22-23-18(26)11-6-16(25)24(8-11)9-12-3-2-4-28-12/h2-5,7,11,21,27H,6,8-9H2,1H3. The number of benzene rings is 1. The quantitative estimate of drug-likeness (QED) is 0.587. The third-order valence-corrected chi connectivity index (χ3v) is 5.62. The number of carbonyl (C=O) groups excluding carboxylic acids is 2. The molecule has 1 aliphatic heterocycles. The van der Waals surface area contributed by atoms with Crippen molar-refractivity contribution in [1.29, 1.82) is 0 Å². The van der Waals surface area contributed by atoms with Gasteiger partial charge in [0.25, 0.3) is 5.91 Å². The molecule has 2 aromatic heterocycles. The summed E-state index contributed by atoms with van der Waals surface area (Å²) in [4.78, 5) is 29.0. The Bertz CT molecular complexity index is 1090. The normalized spacial score (nSPS) is 17.3. The van der Waals surface area contributed by atoms with Crippen LogP contribution in [-0.4, -0.2) is 33.3 Å². The molecule has 1 fully saturated rings. The number of amides is 2. The van der Waals surface area contributed by atoms with Gasteiger partial charge in [0, 0.05) is 22.8 Å². The summed E-state index contributed by atoms with van der Waals surface area (Å²) in [6, 6.07) is 7.20. The van der Waals surface area contributed by atoms with Crippen molar-refractivity contribution in [3.05, 3.63) is 46.3 Å². The van der Waals surface area contributed by atoms with Crippen LogP contribution in [0.5, 0.6) is 5.88 Å². The molecular formula is C19H17BrN4O4. The average Bonchev–Trinajstić information content (AvgIpc) is 3.35. The van der Waals surface area contributed by atoms with Gasteiger partial charge in [0.15, 0.2) is 5.69 Å². The second-order valence-corrected chi connectivity index (χ2v) is 7.62. The van der Waals surface area contributed by atoms with Gasteiger partial charge in [-0.3, -0.25) is 9.59 Å². The van der Waals surface area contributed by atoms with Gasteiger partial charge in [-0.2, -0.15) is 0 Å². The van der Waals surface area contributed by atoms with E-state index >= 15 is 0 Å². The minimum absolute atomic E-state index is 0.0878. The molecule has 3 heterocycles. The summed E-state index contributed by atoms with van der Waals surface area (Å²) in [6.45, 7) is 2.50. The molecule has 1 unspecified atom stereocenters. The molecule has 28 heavy (non-hydrogen) atoms. The van der Waals surface area contributed by atoms with Crippen LogP contribution in [0.3, 0.4) is 0 Å². The first-order valence-corrected chi connectivity index (χ1v) is 9.48. The minimum Gasteiger partial charge on any atom is -0.493 e. The van der Waals surface area contributed by atoms with Crippen LogP contribution in [-0.2, 0) is 16.1 Å². The van der Waals surface area contributed by atoms with Gasteiger partial charge in [-0.1, -0.05) is 15.9 Å². The van der Waals surface area contributed by atoms with E-state index in [0.717, 1.165) is 10.0 Å². The van der Waals surface area contributed by atoms with E-state index in [0.29, 0.717) is 23.2 Å². The van der Waals surface area contributed by atoms with E-state index in [4.69, 9.17) is 4.42 Å². The number of halogens is 1. The van der Waals surface area contributed by atoms with Crippen LogP contribution in [0, 0.1) is 12.8 Å². The van der Waals surface area contributed by atoms with E-state index in [1.54, 1.807) is 23.3 Å². The van der Waals surface area contributed by atoms with E-state index in [1.165, 1.54) is 0 Å². The Hall–Kier alpha value is -2.94. The Morgan fingerprint density at radius 1 is 1.46 bits per heavy atom. The van der Waals surface area contributed by atoms with E-state index < -0.39 is 11.8 Å². The van der Waals surface area contributed by atoms with Gasteiger partial charge in [-0.05, 0) is 36.8 Å². The lowest BCUT2D eigenvalue weighted by molar-refractivity contribution is -0.129. The SMILES string of the molecule is Cc1cc2c(N=NC(=O)C3CC(=O)N(Cc4ccco4)C3)c(O)[nH]c2cc1Br. The Kier molecular flexibility index (Phi) is 4.76. The molecule has 1 atom stereocenters. The zero-order chi connectivity index (χ0) is 19.8.